The Balaban J connectivity index is 0.999. The van der Waals surface area contributed by atoms with E-state index >= 15 is 0 Å². The van der Waals surface area contributed by atoms with Gasteiger partial charge >= 0.3 is 0 Å². The second kappa shape index (κ2) is 14.1. The Bertz CT molecular complexity index is 3280. The standard InChI is InChI=1S/C61H49N3O2/c1-59(2)43-20-8-13-25-51(43)64(52-26-14-9-21-44(52)59)42-34-35-53-49(36-42)62-50-37-48-58(66-55-27-15-10-22-45(55)60(48,3)4)38-54(50)63(53)41-32-30-40(31-33-41)61(39-18-6-5-7-19-39)46-23-11-16-28-56(46)65-57-29-17-12-24-47(57)61/h5-38,46,56,62H,1-4H3. The smallest absolute Gasteiger partial charge is 0.133 e. The monoisotopic (exact) mass is 855 g/mol. The number of para-hydroxylation sites is 4. The molecule has 0 fully saturated rings. The van der Waals surface area contributed by atoms with E-state index in [4.69, 9.17) is 9.47 Å². The highest BCUT2D eigenvalue weighted by Crippen LogP contribution is 2.59. The number of hydrogen-bond acceptors (Lipinski definition) is 5. The number of ether oxygens (including phenoxy) is 2. The Morgan fingerprint density at radius 2 is 0.985 bits per heavy atom. The van der Waals surface area contributed by atoms with Crippen LogP contribution in [0.15, 0.2) is 206 Å². The predicted octanol–water partition coefficient (Wildman–Crippen LogP) is 15.6. The average molecular weight is 856 g/mol. The van der Waals surface area contributed by atoms with Crippen molar-refractivity contribution in [1.29, 1.82) is 0 Å². The molecule has 0 amide bonds. The van der Waals surface area contributed by atoms with Crippen LogP contribution in [0.2, 0.25) is 0 Å². The van der Waals surface area contributed by atoms with Gasteiger partial charge in [-0.15, -0.1) is 0 Å². The molecular weight excluding hydrogens is 807 g/mol. The van der Waals surface area contributed by atoms with Crippen LogP contribution in [-0.2, 0) is 16.2 Å². The van der Waals surface area contributed by atoms with Gasteiger partial charge in [0.15, 0.2) is 0 Å². The van der Waals surface area contributed by atoms with Gasteiger partial charge < -0.3 is 24.6 Å². The summed E-state index contributed by atoms with van der Waals surface area (Å²) in [6.45, 7) is 9.28. The first-order chi connectivity index (χ1) is 32.2. The number of fused-ring (bicyclic) bond motifs is 8. The number of nitrogens with one attached hydrogen (secondary N) is 1. The molecule has 1 N–H and O–H groups in total. The maximum absolute atomic E-state index is 6.79. The average Bonchev–Trinajstić information content (AvgIpc) is 3.35. The summed E-state index contributed by atoms with van der Waals surface area (Å²) < 4.78 is 13.5. The predicted molar refractivity (Wildman–Crippen MR) is 269 cm³/mol. The Morgan fingerprint density at radius 3 is 1.73 bits per heavy atom. The first kappa shape index (κ1) is 38.7. The van der Waals surface area contributed by atoms with Crippen molar-refractivity contribution in [2.45, 2.75) is 50.0 Å². The number of benzene rings is 8. The molecule has 0 saturated heterocycles. The Labute approximate surface area is 386 Å². The van der Waals surface area contributed by atoms with E-state index in [0.717, 1.165) is 56.9 Å². The highest BCUT2D eigenvalue weighted by Gasteiger charge is 2.51. The van der Waals surface area contributed by atoms with Crippen molar-refractivity contribution >= 4 is 45.5 Å². The molecule has 3 atom stereocenters. The molecule has 4 aliphatic heterocycles. The fourth-order valence-electron chi connectivity index (χ4n) is 12.0. The van der Waals surface area contributed by atoms with Gasteiger partial charge in [-0.2, -0.15) is 0 Å². The normalized spacial score (nSPS) is 20.6. The quantitative estimate of drug-likeness (QED) is 0.191. The molecule has 5 nitrogen and oxygen atoms in total. The van der Waals surface area contributed by atoms with Crippen LogP contribution in [0, 0.1) is 5.92 Å². The summed E-state index contributed by atoms with van der Waals surface area (Å²) in [5, 5.41) is 3.98. The number of allylic oxidation sites excluding steroid dienone is 2. The Kier molecular flexibility index (Phi) is 8.27. The molecule has 4 heterocycles. The van der Waals surface area contributed by atoms with Gasteiger partial charge in [-0.3, -0.25) is 0 Å². The van der Waals surface area contributed by atoms with Gasteiger partial charge in [-0.25, -0.2) is 0 Å². The molecule has 0 radical (unpaired) electrons. The van der Waals surface area contributed by atoms with Crippen molar-refractivity contribution in [3.8, 4) is 17.2 Å². The van der Waals surface area contributed by atoms with Crippen LogP contribution >= 0.6 is 0 Å². The lowest BCUT2D eigenvalue weighted by atomic mass is 9.58. The molecule has 1 aliphatic carbocycles. The van der Waals surface area contributed by atoms with Crippen molar-refractivity contribution in [2.75, 3.05) is 15.1 Å². The fourth-order valence-corrected chi connectivity index (χ4v) is 12.0. The van der Waals surface area contributed by atoms with Crippen LogP contribution in [0.25, 0.3) is 0 Å². The maximum Gasteiger partial charge on any atom is 0.133 e. The molecule has 0 aromatic heterocycles. The highest BCUT2D eigenvalue weighted by molar-refractivity contribution is 6.00. The zero-order valence-corrected chi connectivity index (χ0v) is 37.5. The number of nitrogens with zero attached hydrogens (tertiary/aromatic N) is 2. The van der Waals surface area contributed by atoms with Gasteiger partial charge in [0.1, 0.15) is 23.4 Å². The summed E-state index contributed by atoms with van der Waals surface area (Å²) in [5.74, 6) is 2.73. The minimum absolute atomic E-state index is 0.0373. The zero-order chi connectivity index (χ0) is 44.4. The molecule has 13 rings (SSSR count). The molecule has 66 heavy (non-hydrogen) atoms. The Morgan fingerprint density at radius 1 is 0.424 bits per heavy atom. The van der Waals surface area contributed by atoms with Gasteiger partial charge in [0.05, 0.1) is 39.5 Å². The molecule has 8 aromatic rings. The van der Waals surface area contributed by atoms with Crippen LogP contribution in [0.1, 0.15) is 66.6 Å². The molecule has 8 aromatic carbocycles. The van der Waals surface area contributed by atoms with Crippen LogP contribution < -0.4 is 24.6 Å². The van der Waals surface area contributed by atoms with E-state index in [1.165, 1.54) is 44.8 Å². The number of rotatable bonds is 4. The minimum Gasteiger partial charge on any atom is -0.485 e. The summed E-state index contributed by atoms with van der Waals surface area (Å²) in [5.41, 5.74) is 16.3. The summed E-state index contributed by atoms with van der Waals surface area (Å²) in [4.78, 5) is 4.84. The first-order valence-corrected chi connectivity index (χ1v) is 23.2. The molecule has 5 heteroatoms. The highest BCUT2D eigenvalue weighted by atomic mass is 16.5. The SMILES string of the molecule is CC1(C)c2ccccc2Oc2cc3c(cc21)Nc1cc(N2c4ccccc4C(C)(C)c4ccccc42)ccc1N3c1ccc(C2(c3ccccc3)c3ccccc3OC3C=CC=CC32)cc1. The Hall–Kier alpha value is -7.76. The zero-order valence-electron chi connectivity index (χ0n) is 37.5. The van der Waals surface area contributed by atoms with E-state index in [9.17, 15) is 0 Å². The summed E-state index contributed by atoms with van der Waals surface area (Å²) in [7, 11) is 0. The molecular formula is C61H49N3O2. The van der Waals surface area contributed by atoms with Crippen LogP contribution in [0.4, 0.5) is 45.5 Å². The third-order valence-corrected chi connectivity index (χ3v) is 15.1. The fraction of sp³-hybridized carbons (Fsp3) is 0.148. The van der Waals surface area contributed by atoms with Crippen molar-refractivity contribution in [3.05, 3.63) is 245 Å². The van der Waals surface area contributed by atoms with E-state index in [1.54, 1.807) is 0 Å². The van der Waals surface area contributed by atoms with E-state index < -0.39 is 5.41 Å². The van der Waals surface area contributed by atoms with Gasteiger partial charge in [0, 0.05) is 50.9 Å². The summed E-state index contributed by atoms with van der Waals surface area (Å²) in [6, 6.07) is 66.5. The van der Waals surface area contributed by atoms with E-state index in [2.05, 4.69) is 249 Å². The second-order valence-electron chi connectivity index (χ2n) is 19.3. The molecule has 5 aliphatic rings. The minimum atomic E-state index is -0.504. The molecule has 0 saturated carbocycles. The molecule has 0 bridgehead atoms. The van der Waals surface area contributed by atoms with Crippen molar-refractivity contribution < 1.29 is 9.47 Å². The van der Waals surface area contributed by atoms with Crippen LogP contribution in [0.5, 0.6) is 17.2 Å². The lowest BCUT2D eigenvalue weighted by molar-refractivity contribution is 0.140. The van der Waals surface area contributed by atoms with Gasteiger partial charge in [-0.05, 0) is 89.0 Å². The third kappa shape index (κ3) is 5.40. The largest absolute Gasteiger partial charge is 0.485 e. The third-order valence-electron chi connectivity index (χ3n) is 15.1. The first-order valence-electron chi connectivity index (χ1n) is 23.2. The maximum atomic E-state index is 6.79. The lowest BCUT2D eigenvalue weighted by Gasteiger charge is -2.49. The van der Waals surface area contributed by atoms with Crippen molar-refractivity contribution in [3.63, 3.8) is 0 Å². The van der Waals surface area contributed by atoms with Crippen LogP contribution in [-0.4, -0.2) is 6.10 Å². The summed E-state index contributed by atoms with van der Waals surface area (Å²) >= 11 is 0. The van der Waals surface area contributed by atoms with Gasteiger partial charge in [-0.1, -0.05) is 161 Å². The van der Waals surface area contributed by atoms with E-state index in [1.807, 2.05) is 0 Å². The van der Waals surface area contributed by atoms with Crippen LogP contribution in [0.3, 0.4) is 0 Å². The van der Waals surface area contributed by atoms with E-state index in [0.29, 0.717) is 0 Å². The molecule has 320 valence electrons. The van der Waals surface area contributed by atoms with Crippen molar-refractivity contribution in [1.82, 2.24) is 0 Å². The topological polar surface area (TPSA) is 37.0 Å². The second-order valence-corrected chi connectivity index (χ2v) is 19.3. The lowest BCUT2D eigenvalue weighted by Crippen LogP contribution is -2.48. The number of hydrogen-bond donors (Lipinski definition) is 1. The summed E-state index contributed by atoms with van der Waals surface area (Å²) in [6.07, 6.45) is 8.73. The number of anilines is 8. The van der Waals surface area contributed by atoms with Crippen molar-refractivity contribution in [2.24, 2.45) is 5.92 Å². The van der Waals surface area contributed by atoms with Gasteiger partial charge in [0.2, 0.25) is 0 Å². The van der Waals surface area contributed by atoms with Gasteiger partial charge in [0.25, 0.3) is 0 Å². The molecule has 0 spiro atoms. The molecule has 3 unspecified atom stereocenters. The van der Waals surface area contributed by atoms with E-state index in [-0.39, 0.29) is 22.9 Å².